The fourth-order valence-electron chi connectivity index (χ4n) is 2.50. The molecule has 1 nitrogen and oxygen atoms in total. The van der Waals surface area contributed by atoms with Gasteiger partial charge >= 0.3 is 0 Å². The number of para-hydroxylation sites is 1. The van der Waals surface area contributed by atoms with Crippen LogP contribution >= 0.6 is 11.6 Å². The molecule has 1 aromatic carbocycles. The molecule has 0 bridgehead atoms. The summed E-state index contributed by atoms with van der Waals surface area (Å²) in [5.41, 5.74) is 1.68. The van der Waals surface area contributed by atoms with Gasteiger partial charge in [0.15, 0.2) is 0 Å². The van der Waals surface area contributed by atoms with Crippen LogP contribution in [0, 0.1) is 17.7 Å². The Morgan fingerprint density at radius 1 is 1.11 bits per heavy atom. The van der Waals surface area contributed by atoms with Gasteiger partial charge in [0.2, 0.25) is 0 Å². The van der Waals surface area contributed by atoms with Crippen molar-refractivity contribution in [2.24, 2.45) is 11.8 Å². The van der Waals surface area contributed by atoms with Gasteiger partial charge in [0, 0.05) is 19.0 Å². The van der Waals surface area contributed by atoms with E-state index in [1.807, 2.05) is 6.07 Å². The van der Waals surface area contributed by atoms with Crippen molar-refractivity contribution >= 4 is 17.3 Å². The molecule has 0 aliphatic heterocycles. The van der Waals surface area contributed by atoms with E-state index in [9.17, 15) is 4.39 Å². The summed E-state index contributed by atoms with van der Waals surface area (Å²) >= 11 is 5.96. The Kier molecular flexibility index (Phi) is 3.47. The van der Waals surface area contributed by atoms with Crippen LogP contribution < -0.4 is 4.90 Å². The molecule has 2 aliphatic carbocycles. The van der Waals surface area contributed by atoms with E-state index in [0.717, 1.165) is 36.2 Å². The molecular formula is C15H19ClFN. The van der Waals surface area contributed by atoms with Gasteiger partial charge in [-0.3, -0.25) is 0 Å². The minimum absolute atomic E-state index is 0.116. The second-order valence-electron chi connectivity index (χ2n) is 5.67. The minimum Gasteiger partial charge on any atom is -0.368 e. The lowest BCUT2D eigenvalue weighted by molar-refractivity contribution is 0.600. The Hall–Kier alpha value is -0.760. The highest BCUT2D eigenvalue weighted by Gasteiger charge is 2.31. The maximum atomic E-state index is 14.1. The summed E-state index contributed by atoms with van der Waals surface area (Å²) in [7, 11) is 0. The predicted octanol–water partition coefficient (Wildman–Crippen LogP) is 4.19. The second-order valence-corrected chi connectivity index (χ2v) is 5.94. The van der Waals surface area contributed by atoms with Gasteiger partial charge in [-0.15, -0.1) is 11.6 Å². The number of benzene rings is 1. The quantitative estimate of drug-likeness (QED) is 0.699. The van der Waals surface area contributed by atoms with Crippen molar-refractivity contribution in [2.75, 3.05) is 18.0 Å². The van der Waals surface area contributed by atoms with Crippen LogP contribution in [0.2, 0.25) is 0 Å². The Morgan fingerprint density at radius 3 is 2.22 bits per heavy atom. The molecule has 2 saturated carbocycles. The first-order valence-corrected chi connectivity index (χ1v) is 7.39. The van der Waals surface area contributed by atoms with E-state index in [1.54, 1.807) is 12.1 Å². The van der Waals surface area contributed by atoms with Crippen LogP contribution in [-0.4, -0.2) is 13.1 Å². The molecule has 3 heteroatoms. The molecule has 0 heterocycles. The number of rotatable bonds is 6. The first-order chi connectivity index (χ1) is 8.78. The summed E-state index contributed by atoms with van der Waals surface area (Å²) in [6.45, 7) is 2.00. The van der Waals surface area contributed by atoms with Gasteiger partial charge in [0.05, 0.1) is 5.69 Å². The van der Waals surface area contributed by atoms with E-state index in [1.165, 1.54) is 25.7 Å². The standard InChI is InChI=1S/C15H19ClFN/c16-8-13-2-1-3-14(17)15(13)18(9-11-4-5-11)10-12-6-7-12/h1-3,11-12H,4-10H2. The van der Waals surface area contributed by atoms with E-state index in [-0.39, 0.29) is 5.82 Å². The lowest BCUT2D eigenvalue weighted by Crippen LogP contribution is -2.29. The largest absolute Gasteiger partial charge is 0.368 e. The number of halogens is 2. The van der Waals surface area contributed by atoms with Crippen LogP contribution in [0.1, 0.15) is 31.2 Å². The zero-order chi connectivity index (χ0) is 12.5. The van der Waals surface area contributed by atoms with Gasteiger partial charge in [0.25, 0.3) is 0 Å². The van der Waals surface area contributed by atoms with E-state index in [2.05, 4.69) is 4.90 Å². The molecule has 0 N–H and O–H groups in total. The summed E-state index contributed by atoms with van der Waals surface area (Å²) in [5.74, 6) is 1.81. The molecule has 0 radical (unpaired) electrons. The first kappa shape index (κ1) is 12.3. The highest BCUT2D eigenvalue weighted by molar-refractivity contribution is 6.17. The van der Waals surface area contributed by atoms with Crippen LogP contribution in [0.25, 0.3) is 0 Å². The molecule has 1 aromatic rings. The number of anilines is 1. The molecule has 2 fully saturated rings. The van der Waals surface area contributed by atoms with Gasteiger partial charge in [0.1, 0.15) is 5.82 Å². The Labute approximate surface area is 113 Å². The maximum Gasteiger partial charge on any atom is 0.146 e. The zero-order valence-electron chi connectivity index (χ0n) is 10.5. The van der Waals surface area contributed by atoms with E-state index in [4.69, 9.17) is 11.6 Å². The lowest BCUT2D eigenvalue weighted by atomic mass is 10.1. The van der Waals surface area contributed by atoms with Gasteiger partial charge in [-0.1, -0.05) is 12.1 Å². The molecule has 98 valence electrons. The van der Waals surface area contributed by atoms with Crippen LogP contribution in [-0.2, 0) is 5.88 Å². The first-order valence-electron chi connectivity index (χ1n) is 6.86. The Bertz CT molecular complexity index is 413. The molecule has 0 amide bonds. The zero-order valence-corrected chi connectivity index (χ0v) is 11.3. The minimum atomic E-state index is -0.116. The summed E-state index contributed by atoms with van der Waals surface area (Å²) in [6.07, 6.45) is 5.19. The van der Waals surface area contributed by atoms with Crippen LogP contribution in [0.3, 0.4) is 0 Å². The highest BCUT2D eigenvalue weighted by atomic mass is 35.5. The number of nitrogens with zero attached hydrogens (tertiary/aromatic N) is 1. The molecule has 0 unspecified atom stereocenters. The topological polar surface area (TPSA) is 3.24 Å². The van der Waals surface area contributed by atoms with Crippen molar-refractivity contribution in [1.82, 2.24) is 0 Å². The Balaban J connectivity index is 1.86. The maximum absolute atomic E-state index is 14.1. The normalized spacial score (nSPS) is 19.0. The molecular weight excluding hydrogens is 249 g/mol. The van der Waals surface area contributed by atoms with E-state index < -0.39 is 0 Å². The molecule has 0 spiro atoms. The average molecular weight is 268 g/mol. The van der Waals surface area contributed by atoms with Crippen LogP contribution in [0.4, 0.5) is 10.1 Å². The van der Waals surface area contributed by atoms with Crippen molar-refractivity contribution in [3.8, 4) is 0 Å². The van der Waals surface area contributed by atoms with E-state index >= 15 is 0 Å². The van der Waals surface area contributed by atoms with Gasteiger partial charge in [-0.2, -0.15) is 0 Å². The lowest BCUT2D eigenvalue weighted by Gasteiger charge is -2.27. The van der Waals surface area contributed by atoms with Crippen LogP contribution in [0.15, 0.2) is 18.2 Å². The SMILES string of the molecule is Fc1cccc(CCl)c1N(CC1CC1)CC1CC1. The summed E-state index contributed by atoms with van der Waals surface area (Å²) in [6, 6.07) is 5.25. The molecule has 0 aromatic heterocycles. The summed E-state index contributed by atoms with van der Waals surface area (Å²) in [5, 5.41) is 0. The second kappa shape index (κ2) is 5.08. The molecule has 18 heavy (non-hydrogen) atoms. The van der Waals surface area contributed by atoms with Gasteiger partial charge in [-0.05, 0) is 49.1 Å². The molecule has 3 rings (SSSR count). The fraction of sp³-hybridized carbons (Fsp3) is 0.600. The van der Waals surface area contributed by atoms with Gasteiger partial charge < -0.3 is 4.90 Å². The van der Waals surface area contributed by atoms with Crippen molar-refractivity contribution in [2.45, 2.75) is 31.6 Å². The third-order valence-electron chi connectivity index (χ3n) is 3.88. The molecule has 0 saturated heterocycles. The number of hydrogen-bond donors (Lipinski definition) is 0. The number of hydrogen-bond acceptors (Lipinski definition) is 1. The molecule has 2 aliphatic rings. The van der Waals surface area contributed by atoms with Crippen molar-refractivity contribution < 1.29 is 4.39 Å². The smallest absolute Gasteiger partial charge is 0.146 e. The fourth-order valence-corrected chi connectivity index (χ4v) is 2.72. The van der Waals surface area contributed by atoms with Gasteiger partial charge in [-0.25, -0.2) is 4.39 Å². The average Bonchev–Trinajstić information content (AvgIpc) is 3.23. The van der Waals surface area contributed by atoms with Crippen molar-refractivity contribution in [1.29, 1.82) is 0 Å². The van der Waals surface area contributed by atoms with Crippen LogP contribution in [0.5, 0.6) is 0 Å². The summed E-state index contributed by atoms with van der Waals surface area (Å²) < 4.78 is 14.1. The van der Waals surface area contributed by atoms with Crippen molar-refractivity contribution in [3.05, 3.63) is 29.6 Å². The third-order valence-corrected chi connectivity index (χ3v) is 4.17. The predicted molar refractivity (Wildman–Crippen MR) is 73.6 cm³/mol. The third kappa shape index (κ3) is 2.80. The summed E-state index contributed by atoms with van der Waals surface area (Å²) in [4.78, 5) is 2.25. The monoisotopic (exact) mass is 267 g/mol. The Morgan fingerprint density at radius 2 is 1.72 bits per heavy atom. The van der Waals surface area contributed by atoms with E-state index in [0.29, 0.717) is 5.88 Å². The number of alkyl halides is 1. The molecule has 0 atom stereocenters. The van der Waals surface area contributed by atoms with Crippen molar-refractivity contribution in [3.63, 3.8) is 0 Å². The highest BCUT2D eigenvalue weighted by Crippen LogP contribution is 2.37.